The van der Waals surface area contributed by atoms with Gasteiger partial charge >= 0.3 is 0 Å². The number of Topliss-reactive ketones (excluding diaryl/α,β-unsaturated/α-hetero) is 1. The average molecular weight is 265 g/mol. The van der Waals surface area contributed by atoms with E-state index in [9.17, 15) is 4.79 Å². The minimum absolute atomic E-state index is 0.348. The van der Waals surface area contributed by atoms with Gasteiger partial charge in [-0.05, 0) is 51.6 Å². The number of nitrogens with zero attached hydrogens (tertiary/aromatic N) is 1. The van der Waals surface area contributed by atoms with Gasteiger partial charge in [-0.2, -0.15) is 0 Å². The fraction of sp³-hybridized carbons (Fsp3) is 0.941. The fourth-order valence-corrected chi connectivity index (χ4v) is 3.96. The van der Waals surface area contributed by atoms with Crippen molar-refractivity contribution >= 4 is 5.78 Å². The standard InChI is InChI=1S/C17H31NO/c1-15(19)8-7-13-18-12-6-5-11-17(18)14-16-9-3-2-4-10-16/h16-17H,2-14H2,1H3. The SMILES string of the molecule is CC(=O)CCCN1CCCCC1CC1CCCCC1. The number of carbonyl (C=O) groups excluding carboxylic acids is 1. The van der Waals surface area contributed by atoms with Crippen molar-refractivity contribution in [2.24, 2.45) is 5.92 Å². The molecule has 1 saturated carbocycles. The van der Waals surface area contributed by atoms with Crippen LogP contribution >= 0.6 is 0 Å². The van der Waals surface area contributed by atoms with Gasteiger partial charge in [0.1, 0.15) is 5.78 Å². The zero-order valence-corrected chi connectivity index (χ0v) is 12.7. The van der Waals surface area contributed by atoms with Crippen molar-refractivity contribution in [2.75, 3.05) is 13.1 Å². The van der Waals surface area contributed by atoms with Crippen LogP contribution in [0, 0.1) is 5.92 Å². The number of carbonyl (C=O) groups is 1. The molecule has 1 atom stereocenters. The minimum Gasteiger partial charge on any atom is -0.300 e. The molecular formula is C17H31NO. The summed E-state index contributed by atoms with van der Waals surface area (Å²) < 4.78 is 0. The molecule has 2 nitrogen and oxygen atoms in total. The summed E-state index contributed by atoms with van der Waals surface area (Å²) in [6.45, 7) is 4.14. The van der Waals surface area contributed by atoms with Crippen LogP contribution in [-0.2, 0) is 4.79 Å². The Hall–Kier alpha value is -0.370. The molecule has 1 aliphatic carbocycles. The summed E-state index contributed by atoms with van der Waals surface area (Å²) in [7, 11) is 0. The van der Waals surface area contributed by atoms with Gasteiger partial charge in [0.15, 0.2) is 0 Å². The molecule has 1 heterocycles. The Kier molecular flexibility index (Phi) is 6.36. The molecule has 1 aliphatic heterocycles. The Labute approximate surface area is 118 Å². The summed E-state index contributed by atoms with van der Waals surface area (Å²) in [6.07, 6.45) is 14.8. The van der Waals surface area contributed by atoms with Gasteiger partial charge in [0.05, 0.1) is 0 Å². The maximum absolute atomic E-state index is 11.1. The first-order valence-corrected chi connectivity index (χ1v) is 8.49. The smallest absolute Gasteiger partial charge is 0.129 e. The summed E-state index contributed by atoms with van der Waals surface area (Å²) in [6, 6.07) is 0.823. The van der Waals surface area contributed by atoms with Gasteiger partial charge in [0, 0.05) is 12.5 Å². The highest BCUT2D eigenvalue weighted by atomic mass is 16.1. The van der Waals surface area contributed by atoms with Crippen LogP contribution in [0.15, 0.2) is 0 Å². The van der Waals surface area contributed by atoms with Crippen molar-refractivity contribution in [1.82, 2.24) is 4.90 Å². The second-order valence-corrected chi connectivity index (χ2v) is 6.73. The van der Waals surface area contributed by atoms with Crippen LogP contribution in [-0.4, -0.2) is 29.8 Å². The largest absolute Gasteiger partial charge is 0.300 e. The Morgan fingerprint density at radius 3 is 2.53 bits per heavy atom. The Bertz CT molecular complexity index is 270. The topological polar surface area (TPSA) is 20.3 Å². The van der Waals surface area contributed by atoms with E-state index in [4.69, 9.17) is 0 Å². The highest BCUT2D eigenvalue weighted by molar-refractivity contribution is 5.75. The van der Waals surface area contributed by atoms with Gasteiger partial charge in [-0.3, -0.25) is 0 Å². The Balaban J connectivity index is 1.75. The lowest BCUT2D eigenvalue weighted by atomic mass is 9.82. The first-order valence-electron chi connectivity index (χ1n) is 8.49. The van der Waals surface area contributed by atoms with Crippen molar-refractivity contribution in [1.29, 1.82) is 0 Å². The van der Waals surface area contributed by atoms with E-state index in [0.29, 0.717) is 5.78 Å². The van der Waals surface area contributed by atoms with E-state index in [1.165, 1.54) is 64.3 Å². The van der Waals surface area contributed by atoms with Crippen molar-refractivity contribution in [3.8, 4) is 0 Å². The van der Waals surface area contributed by atoms with Crippen LogP contribution in [0.2, 0.25) is 0 Å². The molecule has 0 aromatic heterocycles. The van der Waals surface area contributed by atoms with Gasteiger partial charge < -0.3 is 9.69 Å². The monoisotopic (exact) mass is 265 g/mol. The predicted molar refractivity (Wildman–Crippen MR) is 80.3 cm³/mol. The lowest BCUT2D eigenvalue weighted by Crippen LogP contribution is -2.41. The van der Waals surface area contributed by atoms with E-state index in [0.717, 1.165) is 31.3 Å². The maximum Gasteiger partial charge on any atom is 0.129 e. The van der Waals surface area contributed by atoms with E-state index < -0.39 is 0 Å². The van der Waals surface area contributed by atoms with Crippen molar-refractivity contribution < 1.29 is 4.79 Å². The molecular weight excluding hydrogens is 234 g/mol. The molecule has 2 heteroatoms. The van der Waals surface area contributed by atoms with Crippen LogP contribution in [0.4, 0.5) is 0 Å². The summed E-state index contributed by atoms with van der Waals surface area (Å²) >= 11 is 0. The van der Waals surface area contributed by atoms with Crippen LogP contribution in [0.3, 0.4) is 0 Å². The van der Waals surface area contributed by atoms with Crippen molar-refractivity contribution in [2.45, 2.75) is 83.6 Å². The fourth-order valence-electron chi connectivity index (χ4n) is 3.96. The van der Waals surface area contributed by atoms with Gasteiger partial charge in [0.25, 0.3) is 0 Å². The molecule has 1 saturated heterocycles. The number of likely N-dealkylation sites (tertiary alicyclic amines) is 1. The van der Waals surface area contributed by atoms with Gasteiger partial charge in [-0.25, -0.2) is 0 Å². The average Bonchev–Trinajstić information content (AvgIpc) is 2.41. The van der Waals surface area contributed by atoms with Crippen molar-refractivity contribution in [3.05, 3.63) is 0 Å². The van der Waals surface area contributed by atoms with Crippen LogP contribution in [0.25, 0.3) is 0 Å². The summed E-state index contributed by atoms with van der Waals surface area (Å²) in [4.78, 5) is 13.8. The van der Waals surface area contributed by atoms with Gasteiger partial charge in [0.2, 0.25) is 0 Å². The number of piperidine rings is 1. The molecule has 0 bridgehead atoms. The van der Waals surface area contributed by atoms with Crippen LogP contribution in [0.1, 0.15) is 77.6 Å². The van der Waals surface area contributed by atoms with E-state index in [-0.39, 0.29) is 0 Å². The highest BCUT2D eigenvalue weighted by Gasteiger charge is 2.25. The van der Waals surface area contributed by atoms with E-state index in [1.807, 2.05) is 0 Å². The van der Waals surface area contributed by atoms with Crippen LogP contribution < -0.4 is 0 Å². The predicted octanol–water partition coefficient (Wildman–Crippen LogP) is 4.18. The molecule has 0 aromatic carbocycles. The number of ketones is 1. The van der Waals surface area contributed by atoms with Crippen molar-refractivity contribution in [3.63, 3.8) is 0 Å². The lowest BCUT2D eigenvalue weighted by Gasteiger charge is -2.38. The number of hydrogen-bond acceptors (Lipinski definition) is 2. The molecule has 0 amide bonds. The Morgan fingerprint density at radius 2 is 1.79 bits per heavy atom. The lowest BCUT2D eigenvalue weighted by molar-refractivity contribution is -0.117. The molecule has 0 aromatic rings. The Morgan fingerprint density at radius 1 is 1.05 bits per heavy atom. The first-order chi connectivity index (χ1) is 9.25. The normalized spacial score (nSPS) is 26.5. The molecule has 0 spiro atoms. The summed E-state index contributed by atoms with van der Waals surface area (Å²) in [5.74, 6) is 1.34. The van der Waals surface area contributed by atoms with E-state index >= 15 is 0 Å². The molecule has 2 fully saturated rings. The van der Waals surface area contributed by atoms with E-state index in [2.05, 4.69) is 4.90 Å². The molecule has 19 heavy (non-hydrogen) atoms. The van der Waals surface area contributed by atoms with Gasteiger partial charge in [-0.15, -0.1) is 0 Å². The molecule has 0 N–H and O–H groups in total. The molecule has 2 aliphatic rings. The third-order valence-corrected chi connectivity index (χ3v) is 5.05. The summed E-state index contributed by atoms with van der Waals surface area (Å²) in [5.41, 5.74) is 0. The van der Waals surface area contributed by atoms with Gasteiger partial charge in [-0.1, -0.05) is 38.5 Å². The molecule has 2 rings (SSSR count). The molecule has 1 unspecified atom stereocenters. The third-order valence-electron chi connectivity index (χ3n) is 5.05. The third kappa shape index (κ3) is 5.25. The van der Waals surface area contributed by atoms with Crippen LogP contribution in [0.5, 0.6) is 0 Å². The highest BCUT2D eigenvalue weighted by Crippen LogP contribution is 2.31. The molecule has 0 radical (unpaired) electrons. The summed E-state index contributed by atoms with van der Waals surface area (Å²) in [5, 5.41) is 0. The number of rotatable bonds is 6. The van der Waals surface area contributed by atoms with E-state index in [1.54, 1.807) is 6.92 Å². The maximum atomic E-state index is 11.1. The quantitative estimate of drug-likeness (QED) is 0.718. The minimum atomic E-state index is 0.348. The zero-order chi connectivity index (χ0) is 13.5. The second kappa shape index (κ2) is 8.04. The second-order valence-electron chi connectivity index (χ2n) is 6.73. The first kappa shape index (κ1) is 15.0. The number of hydrogen-bond donors (Lipinski definition) is 0. The zero-order valence-electron chi connectivity index (χ0n) is 12.7. The molecule has 110 valence electrons.